The molecule has 0 unspecified atom stereocenters. The molecule has 2 heterocycles. The van der Waals surface area contributed by atoms with Crippen LogP contribution in [0.4, 0.5) is 0 Å². The summed E-state index contributed by atoms with van der Waals surface area (Å²) in [6, 6.07) is 14.2. The van der Waals surface area contributed by atoms with Gasteiger partial charge in [-0.2, -0.15) is 0 Å². The Morgan fingerprint density at radius 1 is 1.07 bits per heavy atom. The van der Waals surface area contributed by atoms with E-state index in [0.717, 1.165) is 35.1 Å². The van der Waals surface area contributed by atoms with Crippen molar-refractivity contribution in [3.8, 4) is 0 Å². The van der Waals surface area contributed by atoms with E-state index in [9.17, 15) is 0 Å². The molecule has 7 heteroatoms. The van der Waals surface area contributed by atoms with E-state index in [0.29, 0.717) is 19.7 Å². The summed E-state index contributed by atoms with van der Waals surface area (Å²) in [5, 5.41) is 15.0. The number of fused-ring (bicyclic) bond motifs is 1. The van der Waals surface area contributed by atoms with Crippen LogP contribution in [0.3, 0.4) is 0 Å². The molecular formula is C22H30N6O. The summed E-state index contributed by atoms with van der Waals surface area (Å²) < 4.78 is 7.84. The molecule has 3 aromatic rings. The minimum Gasteiger partial charge on any atom is -0.371 e. The number of aromatic nitrogens is 3. The van der Waals surface area contributed by atoms with Gasteiger partial charge in [0.15, 0.2) is 17.4 Å². The molecule has 0 radical (unpaired) electrons. The van der Waals surface area contributed by atoms with Gasteiger partial charge in [0.2, 0.25) is 0 Å². The van der Waals surface area contributed by atoms with Gasteiger partial charge in [-0.15, -0.1) is 10.2 Å². The number of hydrogen-bond acceptors (Lipinski definition) is 4. The van der Waals surface area contributed by atoms with Crippen molar-refractivity contribution in [3.63, 3.8) is 0 Å². The number of hydrogen-bond donors (Lipinski definition) is 2. The molecular weight excluding hydrogens is 364 g/mol. The number of nitrogens with one attached hydrogen (secondary N) is 2. The lowest BCUT2D eigenvalue weighted by molar-refractivity contribution is -0.0149. The van der Waals surface area contributed by atoms with Gasteiger partial charge in [-0.1, -0.05) is 30.3 Å². The molecule has 0 aliphatic heterocycles. The zero-order valence-corrected chi connectivity index (χ0v) is 17.6. The molecule has 1 aromatic carbocycles. The molecule has 0 fully saturated rings. The number of pyridine rings is 1. The lowest BCUT2D eigenvalue weighted by atomic mass is 10.1. The Kier molecular flexibility index (Phi) is 6.82. The Labute approximate surface area is 172 Å². The Bertz CT molecular complexity index is 957. The van der Waals surface area contributed by atoms with E-state index in [-0.39, 0.29) is 5.60 Å². The van der Waals surface area contributed by atoms with E-state index in [1.807, 2.05) is 35.7 Å². The quantitative estimate of drug-likeness (QED) is 0.475. The number of guanidine groups is 1. The Morgan fingerprint density at radius 2 is 1.90 bits per heavy atom. The summed E-state index contributed by atoms with van der Waals surface area (Å²) in [4.78, 5) is 4.71. The first-order valence-electron chi connectivity index (χ1n) is 9.97. The summed E-state index contributed by atoms with van der Waals surface area (Å²) in [6.45, 7) is 10.7. The van der Waals surface area contributed by atoms with Crippen molar-refractivity contribution >= 4 is 11.6 Å². The van der Waals surface area contributed by atoms with Crippen LogP contribution in [0.15, 0.2) is 53.7 Å². The molecule has 0 atom stereocenters. The number of ether oxygens (including phenoxy) is 1. The van der Waals surface area contributed by atoms with Gasteiger partial charge in [-0.25, -0.2) is 4.99 Å². The summed E-state index contributed by atoms with van der Waals surface area (Å²) in [5.41, 5.74) is 2.98. The average Bonchev–Trinajstić information content (AvgIpc) is 3.11. The van der Waals surface area contributed by atoms with Gasteiger partial charge in [-0.05, 0) is 51.0 Å². The zero-order valence-electron chi connectivity index (χ0n) is 17.6. The van der Waals surface area contributed by atoms with Crippen LogP contribution in [0, 0.1) is 0 Å². The highest BCUT2D eigenvalue weighted by Gasteiger charge is 2.10. The topological polar surface area (TPSA) is 75.8 Å². The monoisotopic (exact) mass is 394 g/mol. The fraction of sp³-hybridized carbons (Fsp3) is 0.409. The van der Waals surface area contributed by atoms with E-state index in [4.69, 9.17) is 9.73 Å². The second kappa shape index (κ2) is 9.52. The lowest BCUT2D eigenvalue weighted by Crippen LogP contribution is -2.37. The minimum absolute atomic E-state index is 0.151. The summed E-state index contributed by atoms with van der Waals surface area (Å²) >= 11 is 0. The molecule has 0 aliphatic carbocycles. The van der Waals surface area contributed by atoms with Gasteiger partial charge in [0.05, 0.1) is 25.3 Å². The molecule has 0 saturated carbocycles. The summed E-state index contributed by atoms with van der Waals surface area (Å²) in [6.07, 6.45) is 1.96. The Balaban J connectivity index is 1.63. The van der Waals surface area contributed by atoms with Gasteiger partial charge >= 0.3 is 0 Å². The van der Waals surface area contributed by atoms with E-state index in [1.54, 1.807) is 0 Å². The Hall–Kier alpha value is -2.93. The van der Waals surface area contributed by atoms with Crippen molar-refractivity contribution in [2.45, 2.75) is 53.0 Å². The number of rotatable bonds is 7. The number of nitrogens with zero attached hydrogens (tertiary/aromatic N) is 4. The highest BCUT2D eigenvalue weighted by atomic mass is 16.5. The summed E-state index contributed by atoms with van der Waals surface area (Å²) in [7, 11) is 0. The van der Waals surface area contributed by atoms with Crippen LogP contribution in [0.1, 0.15) is 44.6 Å². The van der Waals surface area contributed by atoms with E-state index in [1.165, 1.54) is 0 Å². The third kappa shape index (κ3) is 6.29. The highest BCUT2D eigenvalue weighted by Crippen LogP contribution is 2.13. The van der Waals surface area contributed by atoms with Crippen LogP contribution < -0.4 is 10.6 Å². The van der Waals surface area contributed by atoms with E-state index < -0.39 is 0 Å². The second-order valence-corrected chi connectivity index (χ2v) is 7.81. The van der Waals surface area contributed by atoms with Gasteiger partial charge in [0.25, 0.3) is 0 Å². The molecule has 0 amide bonds. The van der Waals surface area contributed by atoms with Crippen molar-refractivity contribution in [1.29, 1.82) is 0 Å². The molecule has 0 spiro atoms. The fourth-order valence-electron chi connectivity index (χ4n) is 2.80. The zero-order chi connectivity index (χ0) is 20.7. The standard InChI is InChI=1S/C22H30N6O/c1-5-23-21(25-15-20-27-26-19-11-6-7-12-28(19)20)24-14-17-9-8-10-18(13-17)16-29-22(2,3)4/h6-13H,5,14-16H2,1-4H3,(H2,23,24,25). The van der Waals surface area contributed by atoms with Crippen molar-refractivity contribution in [2.24, 2.45) is 4.99 Å². The number of benzene rings is 1. The Morgan fingerprint density at radius 3 is 2.69 bits per heavy atom. The molecule has 2 aromatic heterocycles. The number of aliphatic imine (C=N–C) groups is 1. The van der Waals surface area contributed by atoms with Crippen molar-refractivity contribution < 1.29 is 4.74 Å². The predicted octanol–water partition coefficient (Wildman–Crippen LogP) is 3.30. The lowest BCUT2D eigenvalue weighted by Gasteiger charge is -2.19. The molecule has 0 saturated heterocycles. The minimum atomic E-state index is -0.151. The largest absolute Gasteiger partial charge is 0.371 e. The van der Waals surface area contributed by atoms with Crippen LogP contribution in [0.2, 0.25) is 0 Å². The van der Waals surface area contributed by atoms with Crippen LogP contribution in [0.25, 0.3) is 5.65 Å². The van der Waals surface area contributed by atoms with Crippen molar-refractivity contribution in [3.05, 3.63) is 65.6 Å². The summed E-state index contributed by atoms with van der Waals surface area (Å²) in [5.74, 6) is 1.59. The highest BCUT2D eigenvalue weighted by molar-refractivity contribution is 5.79. The van der Waals surface area contributed by atoms with Crippen LogP contribution in [-0.4, -0.2) is 32.7 Å². The third-order valence-corrected chi connectivity index (χ3v) is 4.23. The maximum absolute atomic E-state index is 5.87. The molecule has 0 aliphatic rings. The van der Waals surface area contributed by atoms with E-state index in [2.05, 4.69) is 65.9 Å². The average molecular weight is 395 g/mol. The first-order valence-corrected chi connectivity index (χ1v) is 9.97. The molecule has 154 valence electrons. The van der Waals surface area contributed by atoms with Gasteiger partial charge in [0, 0.05) is 12.7 Å². The smallest absolute Gasteiger partial charge is 0.191 e. The van der Waals surface area contributed by atoms with Crippen molar-refractivity contribution in [2.75, 3.05) is 6.54 Å². The normalized spacial score (nSPS) is 12.3. The van der Waals surface area contributed by atoms with Crippen LogP contribution in [-0.2, 0) is 24.4 Å². The molecule has 7 nitrogen and oxygen atoms in total. The van der Waals surface area contributed by atoms with Gasteiger partial charge in [0.1, 0.15) is 0 Å². The molecule has 3 rings (SSSR count). The predicted molar refractivity (Wildman–Crippen MR) is 116 cm³/mol. The first kappa shape index (κ1) is 20.8. The van der Waals surface area contributed by atoms with Crippen molar-refractivity contribution in [1.82, 2.24) is 25.2 Å². The molecule has 29 heavy (non-hydrogen) atoms. The van der Waals surface area contributed by atoms with Gasteiger partial charge < -0.3 is 15.4 Å². The third-order valence-electron chi connectivity index (χ3n) is 4.23. The first-order chi connectivity index (χ1) is 13.9. The fourth-order valence-corrected chi connectivity index (χ4v) is 2.80. The maximum atomic E-state index is 5.87. The SMILES string of the molecule is CCNC(=NCc1cccc(COC(C)(C)C)c1)NCc1nnc2ccccn12. The maximum Gasteiger partial charge on any atom is 0.191 e. The molecule has 0 bridgehead atoms. The van der Waals surface area contributed by atoms with Gasteiger partial charge in [-0.3, -0.25) is 4.40 Å². The second-order valence-electron chi connectivity index (χ2n) is 7.81. The van der Waals surface area contributed by atoms with Crippen LogP contribution >= 0.6 is 0 Å². The molecule has 2 N–H and O–H groups in total. The van der Waals surface area contributed by atoms with Crippen LogP contribution in [0.5, 0.6) is 0 Å². The van der Waals surface area contributed by atoms with E-state index >= 15 is 0 Å².